The summed E-state index contributed by atoms with van der Waals surface area (Å²) in [5.41, 5.74) is 0.522. The molecule has 0 aliphatic carbocycles. The fourth-order valence-electron chi connectivity index (χ4n) is 5.01. The second-order valence-corrected chi connectivity index (χ2v) is 10.6. The number of unbranched alkanes of at least 4 members (excludes halogenated alkanes) is 1. The Morgan fingerprint density at radius 2 is 1.32 bits per heavy atom. The summed E-state index contributed by atoms with van der Waals surface area (Å²) in [4.78, 5) is 59.9. The molecule has 0 saturated carbocycles. The molecule has 47 heavy (non-hydrogen) atoms. The van der Waals surface area contributed by atoms with Gasteiger partial charge in [-0.05, 0) is 72.1 Å². The number of esters is 4. The number of benzene rings is 3. The molecule has 2 fully saturated rings. The minimum atomic E-state index is -0.870. The average molecular weight is 649 g/mol. The fraction of sp³-hybridized carbons (Fsp3) is 0.324. The zero-order chi connectivity index (χ0) is 33.3. The lowest BCUT2D eigenvalue weighted by molar-refractivity contribution is -0.151. The Bertz CT molecular complexity index is 1650. The predicted octanol–water partition coefficient (Wildman–Crippen LogP) is 4.34. The van der Waals surface area contributed by atoms with E-state index in [9.17, 15) is 24.0 Å². The van der Waals surface area contributed by atoms with E-state index in [4.69, 9.17) is 37.9 Å². The van der Waals surface area contributed by atoms with E-state index < -0.39 is 54.4 Å². The molecule has 0 N–H and O–H groups in total. The molecule has 0 spiro atoms. The molecule has 2 aliphatic heterocycles. The summed E-state index contributed by atoms with van der Waals surface area (Å²) in [6, 6.07) is 15.7. The van der Waals surface area contributed by atoms with Crippen LogP contribution in [0, 0.1) is 0 Å². The van der Waals surface area contributed by atoms with Gasteiger partial charge in [0.15, 0.2) is 12.2 Å². The van der Waals surface area contributed by atoms with E-state index in [0.29, 0.717) is 23.6 Å². The van der Waals surface area contributed by atoms with Crippen molar-refractivity contribution in [1.82, 2.24) is 0 Å². The van der Waals surface area contributed by atoms with Crippen LogP contribution in [0.3, 0.4) is 0 Å². The molecule has 3 aromatic carbocycles. The number of fused-ring (bicyclic) bond motifs is 2. The number of rotatable bonds is 12. The number of hydrogen-bond donors (Lipinski definition) is 0. The molecule has 4 atom stereocenters. The van der Waals surface area contributed by atoms with Crippen LogP contribution in [-0.4, -0.2) is 80.9 Å². The third-order valence-corrected chi connectivity index (χ3v) is 7.26. The van der Waals surface area contributed by atoms with Crippen molar-refractivity contribution in [2.45, 2.75) is 44.2 Å². The molecule has 0 bridgehead atoms. The quantitative estimate of drug-likeness (QED) is 0.0682. The second kappa shape index (κ2) is 15.3. The van der Waals surface area contributed by atoms with Crippen molar-refractivity contribution in [1.29, 1.82) is 0 Å². The van der Waals surface area contributed by atoms with Crippen molar-refractivity contribution < 1.29 is 61.9 Å². The van der Waals surface area contributed by atoms with Crippen LogP contribution < -0.4 is 9.47 Å². The lowest BCUT2D eigenvalue weighted by atomic mass is 10.1. The molecule has 0 amide bonds. The molecule has 0 aromatic heterocycles. The summed E-state index contributed by atoms with van der Waals surface area (Å²) in [6.45, 7) is 5.18. The molecule has 246 valence electrons. The topological polar surface area (TPSA) is 159 Å². The first-order chi connectivity index (χ1) is 22.7. The van der Waals surface area contributed by atoms with Gasteiger partial charge in [-0.15, -0.1) is 0 Å². The van der Waals surface area contributed by atoms with Crippen LogP contribution in [0.5, 0.6) is 11.5 Å². The van der Waals surface area contributed by atoms with Crippen LogP contribution in [0.25, 0.3) is 10.8 Å². The van der Waals surface area contributed by atoms with E-state index in [2.05, 4.69) is 6.58 Å². The van der Waals surface area contributed by atoms with Gasteiger partial charge < -0.3 is 37.9 Å². The van der Waals surface area contributed by atoms with Crippen LogP contribution in [-0.2, 0) is 38.0 Å². The normalized spacial score (nSPS) is 19.7. The average Bonchev–Trinajstić information content (AvgIpc) is 3.65. The zero-order valence-corrected chi connectivity index (χ0v) is 25.4. The minimum absolute atomic E-state index is 0.100. The molecule has 5 rings (SSSR count). The standard InChI is InChI=1S/C34H32O13/c1-3-29(36)40-14-4-5-15-41-34(39)46-26-13-10-22-16-24(7-6-23(22)17-26)33(38)45-25-11-8-21(9-12-25)32(37)47-28-19-43-30-27(44-20(2)35)18-42-31(28)30/h3,6-13,16-17,27-28,30-31H,1,4-5,14-15,18-19H2,2H3/t27-,28-,30?,31?/m1/s1. The Morgan fingerprint density at radius 3 is 2.00 bits per heavy atom. The summed E-state index contributed by atoms with van der Waals surface area (Å²) < 4.78 is 42.7. The van der Waals surface area contributed by atoms with Crippen LogP contribution in [0.4, 0.5) is 4.79 Å². The highest BCUT2D eigenvalue weighted by Crippen LogP contribution is 2.31. The van der Waals surface area contributed by atoms with Crippen molar-refractivity contribution in [3.05, 3.63) is 84.4 Å². The number of hydrogen-bond acceptors (Lipinski definition) is 13. The van der Waals surface area contributed by atoms with Gasteiger partial charge in [0.1, 0.15) is 23.7 Å². The van der Waals surface area contributed by atoms with Crippen molar-refractivity contribution >= 4 is 40.8 Å². The summed E-state index contributed by atoms with van der Waals surface area (Å²) in [7, 11) is 0. The molecule has 2 heterocycles. The number of ether oxygens (including phenoxy) is 8. The minimum Gasteiger partial charge on any atom is -0.463 e. The number of carbonyl (C=O) groups excluding carboxylic acids is 5. The maximum Gasteiger partial charge on any atom is 0.513 e. The van der Waals surface area contributed by atoms with Gasteiger partial charge in [0.2, 0.25) is 0 Å². The third kappa shape index (κ3) is 8.71. The first kappa shape index (κ1) is 33.1. The summed E-state index contributed by atoms with van der Waals surface area (Å²) in [5.74, 6) is -1.68. The lowest BCUT2D eigenvalue weighted by Gasteiger charge is -2.17. The van der Waals surface area contributed by atoms with E-state index in [1.807, 2.05) is 0 Å². The van der Waals surface area contributed by atoms with Gasteiger partial charge in [-0.3, -0.25) is 4.79 Å². The molecule has 2 saturated heterocycles. The molecule has 13 nitrogen and oxygen atoms in total. The Balaban J connectivity index is 1.08. The summed E-state index contributed by atoms with van der Waals surface area (Å²) in [5, 5.41) is 1.42. The zero-order valence-electron chi connectivity index (χ0n) is 25.4. The first-order valence-corrected chi connectivity index (χ1v) is 14.8. The molecule has 2 unspecified atom stereocenters. The smallest absolute Gasteiger partial charge is 0.463 e. The number of carbonyl (C=O) groups is 5. The summed E-state index contributed by atoms with van der Waals surface area (Å²) in [6.07, 6.45) is -1.04. The van der Waals surface area contributed by atoms with Gasteiger partial charge in [-0.2, -0.15) is 0 Å². The van der Waals surface area contributed by atoms with Crippen LogP contribution in [0.15, 0.2) is 73.3 Å². The highest BCUT2D eigenvalue weighted by molar-refractivity contribution is 5.97. The molecule has 2 aliphatic rings. The summed E-state index contributed by atoms with van der Waals surface area (Å²) >= 11 is 0. The highest BCUT2D eigenvalue weighted by atomic mass is 16.7. The second-order valence-electron chi connectivity index (χ2n) is 10.6. The van der Waals surface area contributed by atoms with E-state index in [0.717, 1.165) is 6.08 Å². The largest absolute Gasteiger partial charge is 0.513 e. The Morgan fingerprint density at radius 1 is 0.723 bits per heavy atom. The van der Waals surface area contributed by atoms with Crippen molar-refractivity contribution in [3.8, 4) is 11.5 Å². The van der Waals surface area contributed by atoms with E-state index in [1.165, 1.54) is 31.2 Å². The molecular formula is C34H32O13. The maximum atomic E-state index is 12.8. The maximum absolute atomic E-state index is 12.8. The monoisotopic (exact) mass is 648 g/mol. The van der Waals surface area contributed by atoms with E-state index >= 15 is 0 Å². The van der Waals surface area contributed by atoms with E-state index in [1.54, 1.807) is 36.4 Å². The lowest BCUT2D eigenvalue weighted by Crippen LogP contribution is -2.35. The van der Waals surface area contributed by atoms with E-state index in [-0.39, 0.29) is 49.1 Å². The molecule has 0 radical (unpaired) electrons. The van der Waals surface area contributed by atoms with Crippen LogP contribution >= 0.6 is 0 Å². The van der Waals surface area contributed by atoms with Crippen molar-refractivity contribution in [3.63, 3.8) is 0 Å². The Labute approximate surface area is 269 Å². The van der Waals surface area contributed by atoms with Crippen LogP contribution in [0.1, 0.15) is 40.5 Å². The van der Waals surface area contributed by atoms with Crippen molar-refractivity contribution in [2.24, 2.45) is 0 Å². The van der Waals surface area contributed by atoms with Gasteiger partial charge in [-0.1, -0.05) is 18.7 Å². The van der Waals surface area contributed by atoms with Gasteiger partial charge in [0.05, 0.1) is 37.6 Å². The molecular weight excluding hydrogens is 616 g/mol. The Hall–Kier alpha value is -5.27. The van der Waals surface area contributed by atoms with Crippen LogP contribution in [0.2, 0.25) is 0 Å². The molecule has 3 aromatic rings. The third-order valence-electron chi connectivity index (χ3n) is 7.26. The Kier molecular flexibility index (Phi) is 10.8. The van der Waals surface area contributed by atoms with Gasteiger partial charge >= 0.3 is 30.0 Å². The van der Waals surface area contributed by atoms with Crippen molar-refractivity contribution in [2.75, 3.05) is 26.4 Å². The first-order valence-electron chi connectivity index (χ1n) is 14.8. The van der Waals surface area contributed by atoms with Gasteiger partial charge in [-0.25, -0.2) is 19.2 Å². The fourth-order valence-corrected chi connectivity index (χ4v) is 5.01. The SMILES string of the molecule is C=CC(=O)OCCCCOC(=O)Oc1ccc2cc(C(=O)Oc3ccc(C(=O)O[C@@H]4COC5C4OC[C@H]5OC(C)=O)cc3)ccc2c1. The highest BCUT2D eigenvalue weighted by Gasteiger charge is 2.51. The predicted molar refractivity (Wildman–Crippen MR) is 162 cm³/mol. The van der Waals surface area contributed by atoms with Gasteiger partial charge in [0.25, 0.3) is 0 Å². The molecule has 13 heteroatoms. The van der Waals surface area contributed by atoms with Gasteiger partial charge in [0, 0.05) is 13.0 Å².